The number of carbonyl (C=O) groups excluding carboxylic acids is 1. The van der Waals surface area contributed by atoms with E-state index in [4.69, 9.17) is 9.47 Å². The molecule has 0 fully saturated rings. The van der Waals surface area contributed by atoms with Crippen LogP contribution in [0.25, 0.3) is 11.4 Å². The predicted octanol–water partition coefficient (Wildman–Crippen LogP) is 2.58. The van der Waals surface area contributed by atoms with Crippen LogP contribution in [0.1, 0.15) is 15.9 Å². The Hall–Kier alpha value is -3.48. The Morgan fingerprint density at radius 2 is 1.96 bits per heavy atom. The molecule has 0 aliphatic carbocycles. The minimum atomic E-state index is -0.134. The normalized spacial score (nSPS) is 13.5. The number of pyridine rings is 1. The molecule has 2 aromatic heterocycles. The van der Waals surface area contributed by atoms with Crippen molar-refractivity contribution in [1.29, 1.82) is 0 Å². The number of hydrogen-bond donors (Lipinski definition) is 0. The highest BCUT2D eigenvalue weighted by Gasteiger charge is 2.26. The number of methoxy groups -OCH3 is 1. The summed E-state index contributed by atoms with van der Waals surface area (Å²) >= 11 is 0. The first-order valence-corrected chi connectivity index (χ1v) is 8.58. The van der Waals surface area contributed by atoms with Gasteiger partial charge in [0.15, 0.2) is 5.82 Å². The molecule has 1 aliphatic rings. The summed E-state index contributed by atoms with van der Waals surface area (Å²) in [5, 5.41) is 0. The minimum absolute atomic E-state index is 0.134. The fourth-order valence-corrected chi connectivity index (χ4v) is 2.87. The zero-order valence-corrected chi connectivity index (χ0v) is 14.8. The molecule has 1 aliphatic heterocycles. The highest BCUT2D eigenvalue weighted by Crippen LogP contribution is 2.25. The fourth-order valence-electron chi connectivity index (χ4n) is 2.87. The standard InChI is InChI=1S/C20H18N4O3/c1-26-17-8-7-15(11-21-17)18-22-12-16-19(23-18)27-10-9-24(20(16)25)13-14-5-3-2-4-6-14/h2-8,11-12H,9-10,13H2,1H3. The second-order valence-electron chi connectivity index (χ2n) is 6.06. The number of fused-ring (bicyclic) bond motifs is 1. The molecule has 27 heavy (non-hydrogen) atoms. The summed E-state index contributed by atoms with van der Waals surface area (Å²) in [6, 6.07) is 13.4. The zero-order valence-electron chi connectivity index (χ0n) is 14.8. The van der Waals surface area contributed by atoms with Crippen molar-refractivity contribution < 1.29 is 14.3 Å². The number of ether oxygens (including phenoxy) is 2. The van der Waals surface area contributed by atoms with Crippen LogP contribution in [0.3, 0.4) is 0 Å². The summed E-state index contributed by atoms with van der Waals surface area (Å²) < 4.78 is 10.8. The van der Waals surface area contributed by atoms with Gasteiger partial charge in [-0.25, -0.2) is 9.97 Å². The minimum Gasteiger partial charge on any atom is -0.481 e. The van der Waals surface area contributed by atoms with E-state index in [0.29, 0.717) is 42.8 Å². The first-order chi connectivity index (χ1) is 13.2. The Kier molecular flexibility index (Phi) is 4.65. The van der Waals surface area contributed by atoms with Crippen LogP contribution in [-0.4, -0.2) is 46.0 Å². The van der Waals surface area contributed by atoms with Crippen molar-refractivity contribution in [3.8, 4) is 23.1 Å². The molecule has 0 atom stereocenters. The molecule has 3 aromatic rings. The van der Waals surface area contributed by atoms with Crippen LogP contribution in [0.15, 0.2) is 54.9 Å². The number of carbonyl (C=O) groups is 1. The molecule has 0 saturated carbocycles. The van der Waals surface area contributed by atoms with Crippen LogP contribution >= 0.6 is 0 Å². The van der Waals surface area contributed by atoms with E-state index in [0.717, 1.165) is 11.1 Å². The third kappa shape index (κ3) is 3.57. The number of hydrogen-bond acceptors (Lipinski definition) is 6. The maximum atomic E-state index is 12.9. The number of amides is 1. The van der Waals surface area contributed by atoms with Crippen molar-refractivity contribution in [2.75, 3.05) is 20.3 Å². The topological polar surface area (TPSA) is 77.4 Å². The van der Waals surface area contributed by atoms with Crippen molar-refractivity contribution in [1.82, 2.24) is 19.9 Å². The van der Waals surface area contributed by atoms with Gasteiger partial charge in [0, 0.05) is 30.6 Å². The monoisotopic (exact) mass is 362 g/mol. The first-order valence-electron chi connectivity index (χ1n) is 8.58. The molecule has 0 saturated heterocycles. The van der Waals surface area contributed by atoms with Crippen LogP contribution in [-0.2, 0) is 6.54 Å². The number of aromatic nitrogens is 3. The Labute approximate surface area is 156 Å². The Morgan fingerprint density at radius 3 is 2.70 bits per heavy atom. The molecule has 4 rings (SSSR count). The molecule has 0 spiro atoms. The third-order valence-electron chi connectivity index (χ3n) is 4.29. The van der Waals surface area contributed by atoms with Crippen LogP contribution in [0, 0.1) is 0 Å². The Balaban J connectivity index is 1.60. The van der Waals surface area contributed by atoms with E-state index in [1.165, 1.54) is 6.20 Å². The van der Waals surface area contributed by atoms with Crippen molar-refractivity contribution in [2.24, 2.45) is 0 Å². The number of benzene rings is 1. The Morgan fingerprint density at radius 1 is 1.11 bits per heavy atom. The van der Waals surface area contributed by atoms with E-state index < -0.39 is 0 Å². The molecular weight excluding hydrogens is 344 g/mol. The molecule has 0 unspecified atom stereocenters. The quantitative estimate of drug-likeness (QED) is 0.710. The van der Waals surface area contributed by atoms with E-state index in [9.17, 15) is 4.79 Å². The number of nitrogens with zero attached hydrogens (tertiary/aromatic N) is 4. The van der Waals surface area contributed by atoms with Gasteiger partial charge in [-0.15, -0.1) is 0 Å². The average molecular weight is 362 g/mol. The molecule has 1 amide bonds. The molecular formula is C20H18N4O3. The molecule has 0 bridgehead atoms. The largest absolute Gasteiger partial charge is 0.481 e. The summed E-state index contributed by atoms with van der Waals surface area (Å²) in [6.07, 6.45) is 3.15. The third-order valence-corrected chi connectivity index (χ3v) is 4.29. The van der Waals surface area contributed by atoms with E-state index >= 15 is 0 Å². The van der Waals surface area contributed by atoms with Gasteiger partial charge in [-0.3, -0.25) is 4.79 Å². The summed E-state index contributed by atoms with van der Waals surface area (Å²) in [4.78, 5) is 27.6. The van der Waals surface area contributed by atoms with Gasteiger partial charge in [-0.05, 0) is 11.6 Å². The molecule has 3 heterocycles. The van der Waals surface area contributed by atoms with Gasteiger partial charge >= 0.3 is 0 Å². The van der Waals surface area contributed by atoms with Crippen LogP contribution in [0.2, 0.25) is 0 Å². The lowest BCUT2D eigenvalue weighted by Crippen LogP contribution is -2.31. The summed E-state index contributed by atoms with van der Waals surface area (Å²) in [7, 11) is 1.56. The zero-order chi connectivity index (χ0) is 18.6. The smallest absolute Gasteiger partial charge is 0.261 e. The van der Waals surface area contributed by atoms with Crippen LogP contribution in [0.4, 0.5) is 0 Å². The summed E-state index contributed by atoms with van der Waals surface area (Å²) in [6.45, 7) is 1.39. The summed E-state index contributed by atoms with van der Waals surface area (Å²) in [5.74, 6) is 1.13. The van der Waals surface area contributed by atoms with Crippen molar-refractivity contribution in [2.45, 2.75) is 6.54 Å². The highest BCUT2D eigenvalue weighted by molar-refractivity contribution is 5.96. The molecule has 0 N–H and O–H groups in total. The SMILES string of the molecule is COc1ccc(-c2ncc3c(n2)OCCN(Cc2ccccc2)C3=O)cn1. The van der Waals surface area contributed by atoms with Crippen LogP contribution < -0.4 is 9.47 Å². The lowest BCUT2D eigenvalue weighted by Gasteiger charge is -2.19. The van der Waals surface area contributed by atoms with E-state index in [1.807, 2.05) is 36.4 Å². The van der Waals surface area contributed by atoms with E-state index in [1.54, 1.807) is 24.3 Å². The van der Waals surface area contributed by atoms with Gasteiger partial charge in [-0.1, -0.05) is 30.3 Å². The lowest BCUT2D eigenvalue weighted by atomic mass is 10.2. The maximum Gasteiger partial charge on any atom is 0.261 e. The fraction of sp³-hybridized carbons (Fsp3) is 0.200. The van der Waals surface area contributed by atoms with Gasteiger partial charge < -0.3 is 14.4 Å². The molecule has 136 valence electrons. The number of rotatable bonds is 4. The van der Waals surface area contributed by atoms with E-state index in [-0.39, 0.29) is 5.91 Å². The van der Waals surface area contributed by atoms with Gasteiger partial charge in [0.25, 0.3) is 5.91 Å². The molecule has 0 radical (unpaired) electrons. The summed E-state index contributed by atoms with van der Waals surface area (Å²) in [5.41, 5.74) is 2.16. The highest BCUT2D eigenvalue weighted by atomic mass is 16.5. The van der Waals surface area contributed by atoms with E-state index in [2.05, 4.69) is 15.0 Å². The van der Waals surface area contributed by atoms with Crippen molar-refractivity contribution >= 4 is 5.91 Å². The second-order valence-corrected chi connectivity index (χ2v) is 6.06. The molecule has 1 aromatic carbocycles. The average Bonchev–Trinajstić information content (AvgIpc) is 2.87. The molecule has 7 nitrogen and oxygen atoms in total. The van der Waals surface area contributed by atoms with Crippen LogP contribution in [0.5, 0.6) is 11.8 Å². The van der Waals surface area contributed by atoms with Gasteiger partial charge in [0.05, 0.1) is 13.7 Å². The molecule has 7 heteroatoms. The van der Waals surface area contributed by atoms with Gasteiger partial charge in [0.2, 0.25) is 11.8 Å². The Bertz CT molecular complexity index is 945. The van der Waals surface area contributed by atoms with Gasteiger partial charge in [-0.2, -0.15) is 4.98 Å². The predicted molar refractivity (Wildman–Crippen MR) is 98.5 cm³/mol. The van der Waals surface area contributed by atoms with Crippen molar-refractivity contribution in [3.05, 3.63) is 66.0 Å². The lowest BCUT2D eigenvalue weighted by molar-refractivity contribution is 0.0742. The second kappa shape index (κ2) is 7.41. The first kappa shape index (κ1) is 17.0. The van der Waals surface area contributed by atoms with Gasteiger partial charge in [0.1, 0.15) is 12.2 Å². The maximum absolute atomic E-state index is 12.9. The van der Waals surface area contributed by atoms with Crippen molar-refractivity contribution in [3.63, 3.8) is 0 Å².